The van der Waals surface area contributed by atoms with Crippen molar-refractivity contribution in [1.29, 1.82) is 0 Å². The number of halogens is 1. The Morgan fingerprint density at radius 1 is 1.67 bits per heavy atom. The van der Waals surface area contributed by atoms with Gasteiger partial charge in [0.1, 0.15) is 6.10 Å². The number of likely N-dealkylation sites (N-methyl/N-ethyl adjacent to an activating group) is 1. The van der Waals surface area contributed by atoms with Crippen molar-refractivity contribution >= 4 is 17.4 Å². The number of fused-ring (bicyclic) bond motifs is 1. The summed E-state index contributed by atoms with van der Waals surface area (Å²) in [5, 5.41) is 17.0. The lowest BCUT2D eigenvalue weighted by Gasteiger charge is -2.03. The summed E-state index contributed by atoms with van der Waals surface area (Å²) in [6.07, 6.45) is 2.34. The van der Waals surface area contributed by atoms with Crippen molar-refractivity contribution in [3.63, 3.8) is 0 Å². The van der Waals surface area contributed by atoms with E-state index in [1.54, 1.807) is 13.2 Å². The van der Waals surface area contributed by atoms with Crippen LogP contribution >= 0.6 is 11.6 Å². The van der Waals surface area contributed by atoms with E-state index < -0.39 is 6.10 Å². The highest BCUT2D eigenvalue weighted by Gasteiger charge is 2.13. The zero-order valence-electron chi connectivity index (χ0n) is 8.05. The van der Waals surface area contributed by atoms with Crippen molar-refractivity contribution in [2.24, 2.45) is 0 Å². The first-order valence-electron chi connectivity index (χ1n) is 4.41. The van der Waals surface area contributed by atoms with Gasteiger partial charge in [0.25, 0.3) is 5.78 Å². The van der Waals surface area contributed by atoms with E-state index in [0.717, 1.165) is 0 Å². The topological polar surface area (TPSA) is 75.3 Å². The molecule has 0 fully saturated rings. The third kappa shape index (κ3) is 2.06. The van der Waals surface area contributed by atoms with Crippen LogP contribution in [-0.2, 0) is 0 Å². The Morgan fingerprint density at radius 2 is 2.47 bits per heavy atom. The molecule has 1 unspecified atom stereocenters. The van der Waals surface area contributed by atoms with Crippen LogP contribution in [0, 0.1) is 0 Å². The van der Waals surface area contributed by atoms with Crippen molar-refractivity contribution in [3.05, 3.63) is 23.2 Å². The molecule has 80 valence electrons. The summed E-state index contributed by atoms with van der Waals surface area (Å²) in [6, 6.07) is 0. The van der Waals surface area contributed by atoms with Crippen LogP contribution in [0.5, 0.6) is 0 Å². The maximum absolute atomic E-state index is 9.63. The number of nitrogens with one attached hydrogen (secondary N) is 1. The zero-order chi connectivity index (χ0) is 10.8. The molecule has 0 aromatic carbocycles. The lowest BCUT2D eigenvalue weighted by atomic mass is 10.3. The third-order valence-electron chi connectivity index (χ3n) is 1.87. The molecule has 6 nitrogen and oxygen atoms in total. The number of aliphatic hydroxyl groups excluding tert-OH is 1. The molecule has 2 aromatic heterocycles. The van der Waals surface area contributed by atoms with Gasteiger partial charge >= 0.3 is 0 Å². The van der Waals surface area contributed by atoms with Crippen molar-refractivity contribution in [1.82, 2.24) is 24.9 Å². The largest absolute Gasteiger partial charge is 0.384 e. The quantitative estimate of drug-likeness (QED) is 0.774. The van der Waals surface area contributed by atoms with E-state index >= 15 is 0 Å². The van der Waals surface area contributed by atoms with E-state index in [4.69, 9.17) is 11.6 Å². The second-order valence-electron chi connectivity index (χ2n) is 3.06. The summed E-state index contributed by atoms with van der Waals surface area (Å²) >= 11 is 5.74. The van der Waals surface area contributed by atoms with Gasteiger partial charge in [0.05, 0.1) is 17.4 Å². The summed E-state index contributed by atoms with van der Waals surface area (Å²) < 4.78 is 1.44. The molecule has 0 saturated heterocycles. The zero-order valence-corrected chi connectivity index (χ0v) is 8.81. The summed E-state index contributed by atoms with van der Waals surface area (Å²) in [4.78, 5) is 8.03. The Bertz CT molecular complexity index is 471. The highest BCUT2D eigenvalue weighted by Crippen LogP contribution is 2.10. The fraction of sp³-hybridized carbons (Fsp3) is 0.375. The Labute approximate surface area is 90.9 Å². The monoisotopic (exact) mass is 227 g/mol. The molecule has 15 heavy (non-hydrogen) atoms. The van der Waals surface area contributed by atoms with E-state index in [1.807, 2.05) is 0 Å². The smallest absolute Gasteiger partial charge is 0.252 e. The molecule has 2 aromatic rings. The van der Waals surface area contributed by atoms with E-state index in [2.05, 4.69) is 20.4 Å². The molecule has 7 heteroatoms. The Balaban J connectivity index is 2.38. The molecule has 0 radical (unpaired) electrons. The van der Waals surface area contributed by atoms with E-state index in [-0.39, 0.29) is 0 Å². The SMILES string of the molecule is CNCC(O)c1nc2ncc(Cl)cn2n1. The minimum absolute atomic E-state index is 0.333. The Hall–Kier alpha value is -1.24. The van der Waals surface area contributed by atoms with E-state index in [9.17, 15) is 5.11 Å². The molecular formula is C8H10ClN5O. The van der Waals surface area contributed by atoms with Gasteiger partial charge in [-0.25, -0.2) is 9.50 Å². The van der Waals surface area contributed by atoms with Gasteiger partial charge in [0.2, 0.25) is 0 Å². The first-order valence-corrected chi connectivity index (χ1v) is 4.79. The van der Waals surface area contributed by atoms with Gasteiger partial charge in [-0.2, -0.15) is 4.98 Å². The number of aromatic nitrogens is 4. The molecule has 0 aliphatic heterocycles. The predicted molar refractivity (Wildman–Crippen MR) is 54.7 cm³/mol. The van der Waals surface area contributed by atoms with Gasteiger partial charge in [-0.1, -0.05) is 11.6 Å². The molecule has 0 saturated carbocycles. The van der Waals surface area contributed by atoms with Crippen LogP contribution in [0.1, 0.15) is 11.9 Å². The van der Waals surface area contributed by atoms with Crippen molar-refractivity contribution < 1.29 is 5.11 Å². The van der Waals surface area contributed by atoms with Crippen LogP contribution in [0.15, 0.2) is 12.4 Å². The van der Waals surface area contributed by atoms with Crippen LogP contribution in [-0.4, -0.2) is 38.3 Å². The number of hydrogen-bond acceptors (Lipinski definition) is 5. The van der Waals surface area contributed by atoms with Gasteiger partial charge < -0.3 is 10.4 Å². The molecule has 0 spiro atoms. The fourth-order valence-electron chi connectivity index (χ4n) is 1.20. The second-order valence-corrected chi connectivity index (χ2v) is 3.50. The van der Waals surface area contributed by atoms with Gasteiger partial charge in [-0.05, 0) is 7.05 Å². The molecule has 0 aliphatic carbocycles. The summed E-state index contributed by atoms with van der Waals surface area (Å²) in [5.41, 5.74) is 0. The minimum atomic E-state index is -0.740. The van der Waals surface area contributed by atoms with Crippen molar-refractivity contribution in [2.75, 3.05) is 13.6 Å². The fourth-order valence-corrected chi connectivity index (χ4v) is 1.34. The van der Waals surface area contributed by atoms with Crippen molar-refractivity contribution in [2.45, 2.75) is 6.10 Å². The van der Waals surface area contributed by atoms with Gasteiger partial charge in [0.15, 0.2) is 5.82 Å². The summed E-state index contributed by atoms with van der Waals surface area (Å²) in [6.45, 7) is 0.393. The van der Waals surface area contributed by atoms with Crippen LogP contribution in [0.3, 0.4) is 0 Å². The van der Waals surface area contributed by atoms with Crippen molar-refractivity contribution in [3.8, 4) is 0 Å². The average Bonchev–Trinajstić information content (AvgIpc) is 2.60. The van der Waals surface area contributed by atoms with Crippen LogP contribution in [0.2, 0.25) is 5.02 Å². The van der Waals surface area contributed by atoms with Gasteiger partial charge in [0, 0.05) is 6.54 Å². The standard InChI is InChI=1S/C8H10ClN5O/c1-10-3-6(15)7-12-8-11-2-5(9)4-14(8)13-7/h2,4,6,10,15H,3H2,1H3. The highest BCUT2D eigenvalue weighted by molar-refractivity contribution is 6.30. The molecule has 2 N–H and O–H groups in total. The molecule has 2 rings (SSSR count). The molecule has 1 atom stereocenters. The first-order chi connectivity index (χ1) is 7.20. The molecule has 2 heterocycles. The summed E-state index contributed by atoms with van der Waals surface area (Å²) in [7, 11) is 1.74. The number of nitrogens with zero attached hydrogens (tertiary/aromatic N) is 4. The maximum Gasteiger partial charge on any atom is 0.252 e. The number of hydrogen-bond donors (Lipinski definition) is 2. The summed E-state index contributed by atoms with van der Waals surface area (Å²) in [5.74, 6) is 0.753. The predicted octanol–water partition coefficient (Wildman–Crippen LogP) is 0.0305. The lowest BCUT2D eigenvalue weighted by molar-refractivity contribution is 0.168. The van der Waals surface area contributed by atoms with Crippen LogP contribution < -0.4 is 5.32 Å². The number of aliphatic hydroxyl groups is 1. The van der Waals surface area contributed by atoms with E-state index in [0.29, 0.717) is 23.2 Å². The Morgan fingerprint density at radius 3 is 3.20 bits per heavy atom. The number of rotatable bonds is 3. The lowest BCUT2D eigenvalue weighted by Crippen LogP contribution is -2.17. The molecule has 0 bridgehead atoms. The first kappa shape index (κ1) is 10.3. The maximum atomic E-state index is 9.63. The van der Waals surface area contributed by atoms with Crippen LogP contribution in [0.25, 0.3) is 5.78 Å². The Kier molecular flexibility index (Phi) is 2.81. The minimum Gasteiger partial charge on any atom is -0.384 e. The molecular weight excluding hydrogens is 218 g/mol. The normalized spacial score (nSPS) is 13.3. The highest BCUT2D eigenvalue weighted by atomic mass is 35.5. The van der Waals surface area contributed by atoms with Crippen LogP contribution in [0.4, 0.5) is 0 Å². The average molecular weight is 228 g/mol. The molecule has 0 amide bonds. The second kappa shape index (κ2) is 4.09. The van der Waals surface area contributed by atoms with Gasteiger partial charge in [-0.3, -0.25) is 0 Å². The molecule has 0 aliphatic rings. The van der Waals surface area contributed by atoms with E-state index in [1.165, 1.54) is 10.7 Å². The van der Waals surface area contributed by atoms with Gasteiger partial charge in [-0.15, -0.1) is 5.10 Å². The third-order valence-corrected chi connectivity index (χ3v) is 2.07.